The van der Waals surface area contributed by atoms with E-state index in [-0.39, 0.29) is 0 Å². The molecule has 1 atom stereocenters. The van der Waals surface area contributed by atoms with Crippen molar-refractivity contribution < 1.29 is 22.1 Å². The van der Waals surface area contributed by atoms with E-state index in [0.29, 0.717) is 5.92 Å². The Morgan fingerprint density at radius 3 is 1.68 bits per heavy atom. The molecule has 0 bridgehead atoms. The van der Waals surface area contributed by atoms with Crippen LogP contribution in [0.2, 0.25) is 0 Å². The number of para-hydroxylation sites is 2. The molecule has 0 aliphatic carbocycles. The van der Waals surface area contributed by atoms with Crippen molar-refractivity contribution in [3.8, 4) is 0 Å². The summed E-state index contributed by atoms with van der Waals surface area (Å²) in [7, 11) is 6.82. The van der Waals surface area contributed by atoms with Crippen LogP contribution in [0.15, 0.2) is 42.5 Å². The zero-order valence-corrected chi connectivity index (χ0v) is 26.8. The van der Waals surface area contributed by atoms with Gasteiger partial charge in [0.1, 0.15) is 0 Å². The molecule has 0 N–H and O–H groups in total. The van der Waals surface area contributed by atoms with Crippen LogP contribution in [0, 0.1) is 5.92 Å². The zero-order valence-electron chi connectivity index (χ0n) is 22.0. The molecule has 1 unspecified atom stereocenters. The van der Waals surface area contributed by atoms with Crippen molar-refractivity contribution in [3.05, 3.63) is 53.6 Å². The number of halogens is 1. The van der Waals surface area contributed by atoms with Crippen LogP contribution in [0.3, 0.4) is 0 Å². The van der Waals surface area contributed by atoms with E-state index in [1.807, 2.05) is 0 Å². The predicted molar refractivity (Wildman–Crippen MR) is 159 cm³/mol. The summed E-state index contributed by atoms with van der Waals surface area (Å²) in [5.74, 6) is 0.644. The first kappa shape index (κ1) is 33.6. The van der Waals surface area contributed by atoms with E-state index in [9.17, 15) is 0 Å². The van der Waals surface area contributed by atoms with Gasteiger partial charge < -0.3 is 4.79 Å². The zero-order chi connectivity index (χ0) is 26.4. The summed E-state index contributed by atoms with van der Waals surface area (Å²) >= 11 is 1.62. The van der Waals surface area contributed by atoms with Crippen molar-refractivity contribution in [2.24, 2.45) is 5.92 Å². The fraction of sp³-hybridized carbons (Fsp3) is 0.500. The fourth-order valence-corrected chi connectivity index (χ4v) is 6.92. The van der Waals surface area contributed by atoms with Crippen LogP contribution in [0.5, 0.6) is 0 Å². The molecule has 0 radical (unpaired) electrons. The summed E-state index contributed by atoms with van der Waals surface area (Å²) in [6, 6.07) is 15.7. The maximum atomic E-state index is 7.75. The fourth-order valence-electron chi connectivity index (χ4n) is 4.05. The van der Waals surface area contributed by atoms with E-state index < -0.39 is 7.92 Å². The van der Waals surface area contributed by atoms with E-state index >= 15 is 0 Å². The van der Waals surface area contributed by atoms with Gasteiger partial charge in [-0.05, 0) is 57.3 Å². The molecule has 1 heterocycles. The minimum atomic E-state index is -0.443. The molecule has 2 aromatic carbocycles. The van der Waals surface area contributed by atoms with E-state index in [4.69, 9.17) is 9.78 Å². The topological polar surface area (TPSA) is 30.0 Å². The number of carbonyl (C=O) groups excluding carboxylic acids is 1. The Bertz CT molecular complexity index is 968. The van der Waals surface area contributed by atoms with E-state index in [2.05, 4.69) is 124 Å². The van der Waals surface area contributed by atoms with Crippen LogP contribution in [-0.4, -0.2) is 28.8 Å². The van der Waals surface area contributed by atoms with Gasteiger partial charge in [-0.1, -0.05) is 64.1 Å². The summed E-state index contributed by atoms with van der Waals surface area (Å²) in [6.07, 6.45) is 2.30. The number of nitrogens with zero attached hydrogens (tertiary/aromatic N) is 1. The molecule has 34 heavy (non-hydrogen) atoms. The molecule has 0 aliphatic heterocycles. The maximum absolute atomic E-state index is 7.75. The molecular weight excluding hydrogens is 565 g/mol. The molecule has 3 aromatic rings. The Morgan fingerprint density at radius 1 is 0.853 bits per heavy atom. The molecule has 0 saturated heterocycles. The van der Waals surface area contributed by atoms with Crippen LogP contribution in [0.1, 0.15) is 66.5 Å². The SMILES string of the molecule is CC(C)Cc1cccc2cc3cccc(C[PH+](C(C)C)C(C)C)c3nc12.CC(C)P.[CH-]=O.[Cl][RuH]. The molecular formula is C28H44ClNOP2Ru. The summed E-state index contributed by atoms with van der Waals surface area (Å²) in [6.45, 7) is 21.6. The molecule has 0 aliphatic rings. The molecule has 0 amide bonds. The van der Waals surface area contributed by atoms with Gasteiger partial charge in [-0.25, -0.2) is 4.98 Å². The standard InChI is InChI=1S/C24H32NP.C3H9P.CHO.ClH.Ru.H/c1-16(2)13-19-9-7-10-20-14-21-11-8-12-22(24(21)25-23(19)20)15-26(17(3)4)18(5)6;1-3(2)4;1-2;;;/h7-12,14,16-18H,13,15H2,1-6H3;3H,4H2,1-2H3;1H;1H;;/q;;-1;;+1;. The summed E-state index contributed by atoms with van der Waals surface area (Å²) in [5, 5.41) is 2.55. The van der Waals surface area contributed by atoms with Gasteiger partial charge in [0, 0.05) is 24.3 Å². The molecule has 0 spiro atoms. The molecule has 6 heteroatoms. The molecule has 1 aromatic heterocycles. The van der Waals surface area contributed by atoms with Gasteiger partial charge in [0.25, 0.3) is 0 Å². The molecule has 192 valence electrons. The van der Waals surface area contributed by atoms with Gasteiger partial charge in [-0.3, -0.25) is 6.79 Å². The van der Waals surface area contributed by atoms with E-state index in [0.717, 1.165) is 23.4 Å². The Morgan fingerprint density at radius 2 is 1.26 bits per heavy atom. The van der Waals surface area contributed by atoms with Crippen LogP contribution in [-0.2, 0) is 34.7 Å². The number of pyridine rings is 1. The minimum absolute atomic E-state index is 0.443. The van der Waals surface area contributed by atoms with E-state index in [1.165, 1.54) is 39.1 Å². The molecule has 0 fully saturated rings. The van der Waals surface area contributed by atoms with Gasteiger partial charge in [0.05, 0.1) is 28.5 Å². The van der Waals surface area contributed by atoms with E-state index in [1.54, 1.807) is 17.3 Å². The third-order valence-electron chi connectivity index (χ3n) is 5.34. The first-order valence-electron chi connectivity index (χ1n) is 11.9. The Kier molecular flexibility index (Phi) is 17.7. The second kappa shape index (κ2) is 17.9. The normalized spacial score (nSPS) is 10.9. The summed E-state index contributed by atoms with van der Waals surface area (Å²) < 4.78 is 0. The van der Waals surface area contributed by atoms with Crippen molar-refractivity contribution >= 4 is 55.4 Å². The molecule has 0 saturated carbocycles. The first-order valence-corrected chi connectivity index (χ1v) is 16.8. The van der Waals surface area contributed by atoms with Crippen molar-refractivity contribution in [2.75, 3.05) is 0 Å². The number of hydrogen-bond donors (Lipinski definition) is 0. The average Bonchev–Trinajstić information content (AvgIpc) is 2.78. The molecule has 3 rings (SSSR count). The number of benzene rings is 2. The summed E-state index contributed by atoms with van der Waals surface area (Å²) in [5.41, 5.74) is 7.57. The Labute approximate surface area is 226 Å². The van der Waals surface area contributed by atoms with Gasteiger partial charge in [-0.15, -0.1) is 9.24 Å². The van der Waals surface area contributed by atoms with Crippen LogP contribution in [0.4, 0.5) is 0 Å². The van der Waals surface area contributed by atoms with Crippen LogP contribution < -0.4 is 0 Å². The Hall–Kier alpha value is -0.447. The number of rotatable bonds is 6. The third kappa shape index (κ3) is 11.1. The van der Waals surface area contributed by atoms with Crippen molar-refractivity contribution in [1.82, 2.24) is 4.98 Å². The first-order chi connectivity index (χ1) is 16.1. The van der Waals surface area contributed by atoms with Gasteiger partial charge in [-0.2, -0.15) is 0 Å². The third-order valence-corrected chi connectivity index (χ3v) is 9.10. The Balaban J connectivity index is 0.00000121. The number of aromatic nitrogens is 1. The summed E-state index contributed by atoms with van der Waals surface area (Å²) in [4.78, 5) is 13.0. The quantitative estimate of drug-likeness (QED) is 0.0923. The van der Waals surface area contributed by atoms with Gasteiger partial charge in [0.15, 0.2) is 0 Å². The number of fused-ring (bicyclic) bond motifs is 2. The van der Waals surface area contributed by atoms with Crippen LogP contribution >= 0.6 is 26.9 Å². The second-order valence-corrected chi connectivity index (χ2v) is 15.0. The molecule has 2 nitrogen and oxygen atoms in total. The monoisotopic (exact) mass is 609 g/mol. The average molecular weight is 609 g/mol. The number of hydrogen-bond acceptors (Lipinski definition) is 2. The van der Waals surface area contributed by atoms with Gasteiger partial charge in [0.2, 0.25) is 0 Å². The van der Waals surface area contributed by atoms with Crippen molar-refractivity contribution in [1.29, 1.82) is 0 Å². The van der Waals surface area contributed by atoms with Crippen LogP contribution in [0.25, 0.3) is 21.8 Å². The van der Waals surface area contributed by atoms with Crippen molar-refractivity contribution in [2.45, 2.75) is 84.9 Å². The second-order valence-electron chi connectivity index (χ2n) is 9.87. The van der Waals surface area contributed by atoms with Crippen molar-refractivity contribution in [3.63, 3.8) is 0 Å². The predicted octanol–water partition coefficient (Wildman–Crippen LogP) is 8.53. The van der Waals surface area contributed by atoms with Gasteiger partial charge >= 0.3 is 27.0 Å².